The van der Waals surface area contributed by atoms with Gasteiger partial charge < -0.3 is 16.4 Å². The molecule has 0 aromatic heterocycles. The molecule has 0 saturated carbocycles. The van der Waals surface area contributed by atoms with Gasteiger partial charge in [-0.25, -0.2) is 0 Å². The van der Waals surface area contributed by atoms with Crippen LogP contribution in [0.1, 0.15) is 20.3 Å². The van der Waals surface area contributed by atoms with Gasteiger partial charge in [-0.3, -0.25) is 9.59 Å². The molecule has 2 amide bonds. The minimum Gasteiger partial charge on any atom is -0.355 e. The third-order valence-corrected chi connectivity index (χ3v) is 2.73. The number of hydrogen-bond acceptors (Lipinski definition) is 3. The fraction of sp³-hybridized carbons (Fsp3) is 0.800. The number of carbonyl (C=O) groups is 2. The predicted molar refractivity (Wildman–Crippen MR) is 56.9 cm³/mol. The van der Waals surface area contributed by atoms with Crippen LogP contribution in [0, 0.1) is 11.8 Å². The minimum atomic E-state index is -0.231. The molecule has 0 aromatic carbocycles. The molecular weight excluding hydrogens is 194 g/mol. The summed E-state index contributed by atoms with van der Waals surface area (Å²) in [4.78, 5) is 22.6. The Hall–Kier alpha value is -1.10. The average Bonchev–Trinajstić information content (AvgIpc) is 2.60. The van der Waals surface area contributed by atoms with Gasteiger partial charge >= 0.3 is 0 Å². The number of amides is 2. The van der Waals surface area contributed by atoms with Crippen LogP contribution >= 0.6 is 0 Å². The fourth-order valence-corrected chi connectivity index (χ4v) is 1.59. The summed E-state index contributed by atoms with van der Waals surface area (Å²) in [6, 6.07) is -0.00629. The Balaban J connectivity index is 2.44. The van der Waals surface area contributed by atoms with E-state index in [1.165, 1.54) is 0 Å². The van der Waals surface area contributed by atoms with Crippen LogP contribution in [0.4, 0.5) is 0 Å². The minimum absolute atomic E-state index is 0.00629. The molecule has 1 aliphatic heterocycles. The smallest absolute Gasteiger partial charge is 0.225 e. The summed E-state index contributed by atoms with van der Waals surface area (Å²) < 4.78 is 0. The molecule has 5 nitrogen and oxygen atoms in total. The summed E-state index contributed by atoms with van der Waals surface area (Å²) in [5.41, 5.74) is 5.55. The molecule has 0 aliphatic carbocycles. The van der Waals surface area contributed by atoms with E-state index in [2.05, 4.69) is 10.6 Å². The largest absolute Gasteiger partial charge is 0.355 e. The lowest BCUT2D eigenvalue weighted by Gasteiger charge is -2.22. The first kappa shape index (κ1) is 12.0. The number of rotatable bonds is 4. The maximum absolute atomic E-state index is 11.7. The van der Waals surface area contributed by atoms with Gasteiger partial charge in [-0.05, 0) is 5.92 Å². The molecule has 0 spiro atoms. The number of nitrogens with one attached hydrogen (secondary N) is 2. The van der Waals surface area contributed by atoms with Crippen LogP contribution in [0.5, 0.6) is 0 Å². The van der Waals surface area contributed by atoms with Gasteiger partial charge in [0.1, 0.15) is 0 Å². The number of carbonyl (C=O) groups excluding carboxylic acids is 2. The van der Waals surface area contributed by atoms with Crippen molar-refractivity contribution in [1.82, 2.24) is 10.6 Å². The molecule has 86 valence electrons. The van der Waals surface area contributed by atoms with Gasteiger partial charge in [0.2, 0.25) is 11.8 Å². The third-order valence-electron chi connectivity index (χ3n) is 2.73. The van der Waals surface area contributed by atoms with Gasteiger partial charge in [-0.15, -0.1) is 0 Å². The summed E-state index contributed by atoms with van der Waals surface area (Å²) in [5, 5.41) is 5.51. The van der Waals surface area contributed by atoms with Crippen LogP contribution in [0.3, 0.4) is 0 Å². The molecule has 15 heavy (non-hydrogen) atoms. The van der Waals surface area contributed by atoms with Crippen molar-refractivity contribution in [2.45, 2.75) is 26.3 Å². The first-order valence-electron chi connectivity index (χ1n) is 5.31. The van der Waals surface area contributed by atoms with Crippen LogP contribution in [0.2, 0.25) is 0 Å². The van der Waals surface area contributed by atoms with E-state index < -0.39 is 0 Å². The van der Waals surface area contributed by atoms with E-state index >= 15 is 0 Å². The van der Waals surface area contributed by atoms with Crippen LogP contribution in [-0.2, 0) is 9.59 Å². The van der Waals surface area contributed by atoms with Crippen LogP contribution < -0.4 is 16.4 Å². The van der Waals surface area contributed by atoms with Crippen molar-refractivity contribution < 1.29 is 9.59 Å². The Bertz CT molecular complexity index is 253. The van der Waals surface area contributed by atoms with Gasteiger partial charge in [0.25, 0.3) is 0 Å². The normalized spacial score (nSPS) is 22.7. The second kappa shape index (κ2) is 5.11. The highest BCUT2D eigenvalue weighted by atomic mass is 16.2. The first-order chi connectivity index (χ1) is 7.04. The summed E-state index contributed by atoms with van der Waals surface area (Å²) in [6.07, 6.45) is 0.293. The van der Waals surface area contributed by atoms with Crippen molar-refractivity contribution in [3.63, 3.8) is 0 Å². The maximum Gasteiger partial charge on any atom is 0.225 e. The van der Waals surface area contributed by atoms with Crippen molar-refractivity contribution in [3.8, 4) is 0 Å². The predicted octanol–water partition coefficient (Wildman–Crippen LogP) is -0.778. The van der Waals surface area contributed by atoms with Crippen molar-refractivity contribution in [1.29, 1.82) is 0 Å². The second-order valence-corrected chi connectivity index (χ2v) is 4.30. The van der Waals surface area contributed by atoms with Gasteiger partial charge in [-0.2, -0.15) is 0 Å². The Kier molecular flexibility index (Phi) is 4.08. The van der Waals surface area contributed by atoms with Crippen molar-refractivity contribution >= 4 is 11.8 Å². The lowest BCUT2D eigenvalue weighted by Crippen LogP contribution is -2.46. The zero-order valence-corrected chi connectivity index (χ0v) is 9.25. The molecule has 1 rings (SSSR count). The van der Waals surface area contributed by atoms with Crippen LogP contribution in [-0.4, -0.2) is 30.9 Å². The van der Waals surface area contributed by atoms with Crippen molar-refractivity contribution in [2.75, 3.05) is 13.1 Å². The Morgan fingerprint density at radius 2 is 2.33 bits per heavy atom. The van der Waals surface area contributed by atoms with Crippen LogP contribution in [0.15, 0.2) is 0 Å². The second-order valence-electron chi connectivity index (χ2n) is 4.30. The summed E-state index contributed by atoms with van der Waals surface area (Å²) >= 11 is 0. The van der Waals surface area contributed by atoms with E-state index in [-0.39, 0.29) is 23.8 Å². The molecule has 0 radical (unpaired) electrons. The molecule has 1 saturated heterocycles. The van der Waals surface area contributed by atoms with Crippen molar-refractivity contribution in [2.24, 2.45) is 17.6 Å². The van der Waals surface area contributed by atoms with Gasteiger partial charge in [0, 0.05) is 25.6 Å². The van der Waals surface area contributed by atoms with E-state index in [1.807, 2.05) is 13.8 Å². The third kappa shape index (κ3) is 3.20. The van der Waals surface area contributed by atoms with E-state index in [1.54, 1.807) is 0 Å². The molecule has 2 unspecified atom stereocenters. The standard InChI is InChI=1S/C10H19N3O2/c1-6(2)8(4-11)13-10(15)7-3-9(14)12-5-7/h6-8H,3-5,11H2,1-2H3,(H,12,14)(H,13,15). The molecular formula is C10H19N3O2. The quantitative estimate of drug-likeness (QED) is 0.573. The highest BCUT2D eigenvalue weighted by Gasteiger charge is 2.29. The highest BCUT2D eigenvalue weighted by Crippen LogP contribution is 2.10. The van der Waals surface area contributed by atoms with E-state index in [9.17, 15) is 9.59 Å². The first-order valence-corrected chi connectivity index (χ1v) is 5.31. The lowest BCUT2D eigenvalue weighted by atomic mass is 10.0. The zero-order chi connectivity index (χ0) is 11.4. The topological polar surface area (TPSA) is 84.2 Å². The lowest BCUT2D eigenvalue weighted by molar-refractivity contribution is -0.127. The summed E-state index contributed by atoms with van der Waals surface area (Å²) in [5.74, 6) is -0.0455. The highest BCUT2D eigenvalue weighted by molar-refractivity contribution is 5.89. The van der Waals surface area contributed by atoms with Gasteiger partial charge in [0.05, 0.1) is 5.92 Å². The van der Waals surface area contributed by atoms with Gasteiger partial charge in [-0.1, -0.05) is 13.8 Å². The van der Waals surface area contributed by atoms with Gasteiger partial charge in [0.15, 0.2) is 0 Å². The fourth-order valence-electron chi connectivity index (χ4n) is 1.59. The van der Waals surface area contributed by atoms with E-state index in [0.29, 0.717) is 25.4 Å². The summed E-state index contributed by atoms with van der Waals surface area (Å²) in [7, 11) is 0. The van der Waals surface area contributed by atoms with Crippen molar-refractivity contribution in [3.05, 3.63) is 0 Å². The van der Waals surface area contributed by atoms with E-state index in [0.717, 1.165) is 0 Å². The molecule has 5 heteroatoms. The zero-order valence-electron chi connectivity index (χ0n) is 9.25. The summed E-state index contributed by atoms with van der Waals surface area (Å²) in [6.45, 7) is 4.89. The Morgan fingerprint density at radius 1 is 1.67 bits per heavy atom. The molecule has 1 aliphatic rings. The SMILES string of the molecule is CC(C)C(CN)NC(=O)C1CNC(=O)C1. The average molecular weight is 213 g/mol. The number of nitrogens with two attached hydrogens (primary N) is 1. The van der Waals surface area contributed by atoms with E-state index in [4.69, 9.17) is 5.73 Å². The molecule has 2 atom stereocenters. The molecule has 1 heterocycles. The number of hydrogen-bond donors (Lipinski definition) is 3. The molecule has 1 fully saturated rings. The van der Waals surface area contributed by atoms with Crippen LogP contribution in [0.25, 0.3) is 0 Å². The molecule has 4 N–H and O–H groups in total. The Morgan fingerprint density at radius 3 is 2.73 bits per heavy atom. The molecule has 0 bridgehead atoms. The Labute approximate surface area is 89.8 Å². The molecule has 0 aromatic rings. The monoisotopic (exact) mass is 213 g/mol. The maximum atomic E-state index is 11.7.